The van der Waals surface area contributed by atoms with Gasteiger partial charge in [0.2, 0.25) is 0 Å². The molecule has 3 heterocycles. The number of nitrogens with zero attached hydrogens (tertiary/aromatic N) is 2. The summed E-state index contributed by atoms with van der Waals surface area (Å²) in [5.74, 6) is -0.403. The van der Waals surface area contributed by atoms with Crippen LogP contribution in [0, 0.1) is 6.92 Å². The van der Waals surface area contributed by atoms with Crippen LogP contribution in [0.5, 0.6) is 0 Å². The van der Waals surface area contributed by atoms with E-state index in [4.69, 9.17) is 0 Å². The van der Waals surface area contributed by atoms with E-state index in [9.17, 15) is 9.59 Å². The van der Waals surface area contributed by atoms with Gasteiger partial charge in [0.05, 0.1) is 21.3 Å². The first-order valence-electron chi connectivity index (χ1n) is 8.50. The fourth-order valence-electron chi connectivity index (χ4n) is 2.74. The van der Waals surface area contributed by atoms with Crippen molar-refractivity contribution in [3.8, 4) is 22.5 Å². The first-order chi connectivity index (χ1) is 13.5. The van der Waals surface area contributed by atoms with Gasteiger partial charge >= 0.3 is 0 Å². The highest BCUT2D eigenvalue weighted by Gasteiger charge is 2.19. The number of aromatic amines is 1. The van der Waals surface area contributed by atoms with Crippen LogP contribution in [0.25, 0.3) is 22.5 Å². The van der Waals surface area contributed by atoms with Crippen molar-refractivity contribution in [2.45, 2.75) is 13.8 Å². The molecule has 140 valence electrons. The minimum absolute atomic E-state index is 0.0853. The summed E-state index contributed by atoms with van der Waals surface area (Å²) in [5.41, 5.74) is 3.51. The van der Waals surface area contributed by atoms with Crippen LogP contribution in [0.4, 0.5) is 5.13 Å². The van der Waals surface area contributed by atoms with E-state index in [0.717, 1.165) is 21.8 Å². The lowest BCUT2D eigenvalue weighted by molar-refractivity contribution is 0.101. The zero-order valence-corrected chi connectivity index (χ0v) is 16.8. The number of ketones is 1. The van der Waals surface area contributed by atoms with Crippen molar-refractivity contribution < 1.29 is 9.59 Å². The lowest BCUT2D eigenvalue weighted by atomic mass is 10.1. The van der Waals surface area contributed by atoms with Gasteiger partial charge < -0.3 is 4.98 Å². The zero-order chi connectivity index (χ0) is 19.7. The molecule has 6 nitrogen and oxygen atoms in total. The number of carbonyl (C=O) groups is 2. The Balaban J connectivity index is 1.58. The molecule has 4 aromatic rings. The molecular weight excluding hydrogens is 392 g/mol. The Bertz CT molecular complexity index is 1160. The number of amides is 1. The quantitative estimate of drug-likeness (QED) is 0.454. The second-order valence-electron chi connectivity index (χ2n) is 6.13. The van der Waals surface area contributed by atoms with E-state index >= 15 is 0 Å². The van der Waals surface area contributed by atoms with E-state index in [-0.39, 0.29) is 11.7 Å². The van der Waals surface area contributed by atoms with E-state index in [1.54, 1.807) is 23.6 Å². The van der Waals surface area contributed by atoms with Crippen LogP contribution in [0.1, 0.15) is 32.1 Å². The summed E-state index contributed by atoms with van der Waals surface area (Å²) in [6, 6.07) is 11.2. The third kappa shape index (κ3) is 3.64. The molecule has 0 atom stereocenters. The number of aromatic nitrogens is 3. The predicted molar refractivity (Wildman–Crippen MR) is 112 cm³/mol. The van der Waals surface area contributed by atoms with Crippen molar-refractivity contribution in [1.29, 1.82) is 0 Å². The summed E-state index contributed by atoms with van der Waals surface area (Å²) in [6.45, 7) is 3.44. The van der Waals surface area contributed by atoms with Gasteiger partial charge in [-0.3, -0.25) is 14.9 Å². The van der Waals surface area contributed by atoms with E-state index in [0.29, 0.717) is 21.4 Å². The third-order valence-electron chi connectivity index (χ3n) is 4.06. The molecule has 0 fully saturated rings. The molecule has 0 unspecified atom stereocenters. The number of anilines is 1. The van der Waals surface area contributed by atoms with Gasteiger partial charge in [-0.25, -0.2) is 9.97 Å². The third-order valence-corrected chi connectivity index (χ3v) is 5.90. The number of Topliss-reactive ketones (excluding diaryl/α,β-unsaturated/α-hetero) is 1. The number of hydrogen-bond acceptors (Lipinski definition) is 6. The van der Waals surface area contributed by atoms with E-state index in [2.05, 4.69) is 20.3 Å². The minimum atomic E-state index is -0.318. The molecule has 0 bridgehead atoms. The summed E-state index contributed by atoms with van der Waals surface area (Å²) in [6.07, 6.45) is 1.75. The first-order valence-corrected chi connectivity index (χ1v) is 10.2. The number of aryl methyl sites for hydroxylation is 1. The fraction of sp³-hybridized carbons (Fsp3) is 0.100. The number of benzene rings is 1. The maximum atomic E-state index is 12.6. The SMILES string of the molecule is CC(=O)c1sc(NC(=O)c2cc(-c3csc(C)n3)c[nH]2)nc1-c1ccccc1. The molecule has 0 saturated heterocycles. The molecule has 3 aromatic heterocycles. The van der Waals surface area contributed by atoms with Gasteiger partial charge in [0, 0.05) is 29.6 Å². The van der Waals surface area contributed by atoms with Crippen molar-refractivity contribution in [3.63, 3.8) is 0 Å². The lowest BCUT2D eigenvalue weighted by Crippen LogP contribution is -2.11. The molecule has 0 aliphatic heterocycles. The van der Waals surface area contributed by atoms with E-state index < -0.39 is 0 Å². The van der Waals surface area contributed by atoms with Crippen LogP contribution in [0.2, 0.25) is 0 Å². The summed E-state index contributed by atoms with van der Waals surface area (Å²) in [4.78, 5) is 37.0. The van der Waals surface area contributed by atoms with Gasteiger partial charge in [-0.05, 0) is 13.0 Å². The van der Waals surface area contributed by atoms with Gasteiger partial charge in [-0.1, -0.05) is 41.7 Å². The van der Waals surface area contributed by atoms with Crippen LogP contribution in [-0.2, 0) is 0 Å². The molecule has 0 aliphatic carbocycles. The Morgan fingerprint density at radius 1 is 1.11 bits per heavy atom. The molecule has 1 amide bonds. The van der Waals surface area contributed by atoms with Crippen molar-refractivity contribution in [1.82, 2.24) is 15.0 Å². The summed E-state index contributed by atoms with van der Waals surface area (Å²) < 4.78 is 0. The Morgan fingerprint density at radius 3 is 2.57 bits per heavy atom. The van der Waals surface area contributed by atoms with Crippen LogP contribution in [0.15, 0.2) is 48.0 Å². The van der Waals surface area contributed by atoms with Crippen molar-refractivity contribution in [2.75, 3.05) is 5.32 Å². The van der Waals surface area contributed by atoms with Crippen LogP contribution in [0.3, 0.4) is 0 Å². The number of carbonyl (C=O) groups excluding carboxylic acids is 2. The summed E-state index contributed by atoms with van der Waals surface area (Å²) in [7, 11) is 0. The van der Waals surface area contributed by atoms with Crippen LogP contribution < -0.4 is 5.32 Å². The number of hydrogen-bond donors (Lipinski definition) is 2. The second-order valence-corrected chi connectivity index (χ2v) is 8.19. The minimum Gasteiger partial charge on any atom is -0.357 e. The molecule has 4 rings (SSSR count). The molecule has 0 spiro atoms. The highest BCUT2D eigenvalue weighted by Crippen LogP contribution is 2.32. The first kappa shape index (κ1) is 18.3. The smallest absolute Gasteiger partial charge is 0.273 e. The maximum Gasteiger partial charge on any atom is 0.273 e. The molecule has 0 saturated carbocycles. The Hall–Kier alpha value is -3.10. The van der Waals surface area contributed by atoms with Gasteiger partial charge in [0.1, 0.15) is 5.69 Å². The van der Waals surface area contributed by atoms with Gasteiger partial charge in [0.15, 0.2) is 10.9 Å². The monoisotopic (exact) mass is 408 g/mol. The van der Waals surface area contributed by atoms with Gasteiger partial charge in [-0.15, -0.1) is 11.3 Å². The molecule has 1 aromatic carbocycles. The Kier molecular flexibility index (Phi) is 4.89. The number of rotatable bonds is 5. The summed E-state index contributed by atoms with van der Waals surface area (Å²) in [5, 5.41) is 6.08. The molecule has 0 radical (unpaired) electrons. The average Bonchev–Trinajstić information content (AvgIpc) is 3.41. The van der Waals surface area contributed by atoms with Crippen molar-refractivity contribution in [2.24, 2.45) is 0 Å². The summed E-state index contributed by atoms with van der Waals surface area (Å²) >= 11 is 2.73. The van der Waals surface area contributed by atoms with Crippen molar-refractivity contribution >= 4 is 39.5 Å². The number of nitrogens with one attached hydrogen (secondary N) is 2. The highest BCUT2D eigenvalue weighted by atomic mass is 32.1. The van der Waals surface area contributed by atoms with Crippen molar-refractivity contribution in [3.05, 3.63) is 63.6 Å². The predicted octanol–water partition coefficient (Wildman–Crippen LogP) is 5.03. The fourth-order valence-corrected chi connectivity index (χ4v) is 4.24. The molecule has 8 heteroatoms. The van der Waals surface area contributed by atoms with Gasteiger partial charge in [-0.2, -0.15) is 0 Å². The number of thiazole rings is 2. The molecular formula is C20H16N4O2S2. The Morgan fingerprint density at radius 2 is 1.89 bits per heavy atom. The molecule has 28 heavy (non-hydrogen) atoms. The second kappa shape index (κ2) is 7.49. The molecule has 2 N–H and O–H groups in total. The zero-order valence-electron chi connectivity index (χ0n) is 15.1. The Labute approximate surface area is 169 Å². The number of H-pyrrole nitrogens is 1. The maximum absolute atomic E-state index is 12.6. The largest absolute Gasteiger partial charge is 0.357 e. The van der Waals surface area contributed by atoms with Crippen LogP contribution >= 0.6 is 22.7 Å². The molecule has 0 aliphatic rings. The standard InChI is InChI=1S/C20H16N4O2S2/c1-11(25)18-17(13-6-4-3-5-7-13)23-20(28-18)24-19(26)15-8-14(9-21-15)16-10-27-12(2)22-16/h3-10,21H,1-2H3,(H,23,24,26). The average molecular weight is 409 g/mol. The van der Waals surface area contributed by atoms with Crippen LogP contribution in [-0.4, -0.2) is 26.6 Å². The lowest BCUT2D eigenvalue weighted by Gasteiger charge is -1.99. The van der Waals surface area contributed by atoms with E-state index in [1.807, 2.05) is 42.6 Å². The van der Waals surface area contributed by atoms with Gasteiger partial charge in [0.25, 0.3) is 5.91 Å². The van der Waals surface area contributed by atoms with E-state index in [1.165, 1.54) is 18.3 Å². The highest BCUT2D eigenvalue weighted by molar-refractivity contribution is 7.18. The topological polar surface area (TPSA) is 87.7 Å². The normalized spacial score (nSPS) is 10.8.